The van der Waals surface area contributed by atoms with Crippen LogP contribution in [0.2, 0.25) is 0 Å². The minimum Gasteiger partial charge on any atom is -0.497 e. The SMILES string of the molecule is COc1ccc([C@]2(C)CCN([C@H](CO)c3ccccc3)C2=O)cc1. The number of likely N-dealkylation sites (tertiary alicyclic amines) is 1. The first-order valence-electron chi connectivity index (χ1n) is 8.21. The molecule has 0 spiro atoms. The quantitative estimate of drug-likeness (QED) is 0.919. The molecule has 4 heteroatoms. The van der Waals surface area contributed by atoms with Gasteiger partial charge in [0, 0.05) is 6.54 Å². The number of methoxy groups -OCH3 is 1. The lowest BCUT2D eigenvalue weighted by Crippen LogP contribution is -2.39. The monoisotopic (exact) mass is 325 g/mol. The first-order chi connectivity index (χ1) is 11.6. The lowest BCUT2D eigenvalue weighted by Gasteiger charge is -2.29. The highest BCUT2D eigenvalue weighted by Gasteiger charge is 2.46. The van der Waals surface area contributed by atoms with Crippen LogP contribution in [0.5, 0.6) is 5.75 Å². The number of ether oxygens (including phenoxy) is 1. The minimum atomic E-state index is -0.561. The van der Waals surface area contributed by atoms with Crippen LogP contribution in [0.3, 0.4) is 0 Å². The van der Waals surface area contributed by atoms with Gasteiger partial charge in [-0.25, -0.2) is 0 Å². The molecule has 0 saturated carbocycles. The van der Waals surface area contributed by atoms with Gasteiger partial charge < -0.3 is 14.7 Å². The molecule has 4 nitrogen and oxygen atoms in total. The maximum absolute atomic E-state index is 13.1. The van der Waals surface area contributed by atoms with Gasteiger partial charge in [0.15, 0.2) is 0 Å². The largest absolute Gasteiger partial charge is 0.497 e. The highest BCUT2D eigenvalue weighted by molar-refractivity contribution is 5.90. The average Bonchev–Trinajstić information content (AvgIpc) is 2.93. The third kappa shape index (κ3) is 2.78. The van der Waals surface area contributed by atoms with Crippen molar-refractivity contribution in [3.8, 4) is 5.75 Å². The fourth-order valence-corrected chi connectivity index (χ4v) is 3.45. The molecule has 2 aromatic carbocycles. The predicted molar refractivity (Wildman–Crippen MR) is 92.9 cm³/mol. The number of aliphatic hydroxyl groups excluding tert-OH is 1. The number of hydrogen-bond acceptors (Lipinski definition) is 3. The van der Waals surface area contributed by atoms with Crippen molar-refractivity contribution in [3.63, 3.8) is 0 Å². The van der Waals surface area contributed by atoms with Gasteiger partial charge in [-0.2, -0.15) is 0 Å². The summed E-state index contributed by atoms with van der Waals surface area (Å²) in [6.45, 7) is 2.55. The molecule has 1 saturated heterocycles. The van der Waals surface area contributed by atoms with Crippen LogP contribution in [0.15, 0.2) is 54.6 Å². The third-order valence-corrected chi connectivity index (χ3v) is 5.05. The second-order valence-corrected chi connectivity index (χ2v) is 6.42. The molecule has 1 amide bonds. The van der Waals surface area contributed by atoms with Gasteiger partial charge in [0.2, 0.25) is 5.91 Å². The molecule has 1 fully saturated rings. The maximum Gasteiger partial charge on any atom is 0.233 e. The summed E-state index contributed by atoms with van der Waals surface area (Å²) in [5.74, 6) is 0.845. The van der Waals surface area contributed by atoms with E-state index >= 15 is 0 Å². The molecule has 24 heavy (non-hydrogen) atoms. The van der Waals surface area contributed by atoms with Gasteiger partial charge in [-0.05, 0) is 36.6 Å². The van der Waals surface area contributed by atoms with Crippen LogP contribution >= 0.6 is 0 Å². The van der Waals surface area contributed by atoms with Gasteiger partial charge in [-0.3, -0.25) is 4.79 Å². The van der Waals surface area contributed by atoms with E-state index in [4.69, 9.17) is 4.74 Å². The van der Waals surface area contributed by atoms with Gasteiger partial charge >= 0.3 is 0 Å². The lowest BCUT2D eigenvalue weighted by molar-refractivity contribution is -0.134. The first kappa shape index (κ1) is 16.5. The Balaban J connectivity index is 1.87. The fraction of sp³-hybridized carbons (Fsp3) is 0.350. The summed E-state index contributed by atoms with van der Waals surface area (Å²) in [6.07, 6.45) is 0.738. The highest BCUT2D eigenvalue weighted by atomic mass is 16.5. The van der Waals surface area contributed by atoms with Gasteiger partial charge in [0.05, 0.1) is 25.2 Å². The normalized spacial score (nSPS) is 21.8. The Kier molecular flexibility index (Phi) is 4.58. The van der Waals surface area contributed by atoms with E-state index < -0.39 is 5.41 Å². The summed E-state index contributed by atoms with van der Waals surface area (Å²) in [7, 11) is 1.63. The Labute approximate surface area is 142 Å². The summed E-state index contributed by atoms with van der Waals surface area (Å²) < 4.78 is 5.20. The molecule has 1 heterocycles. The van der Waals surface area contributed by atoms with Crippen LogP contribution in [0, 0.1) is 0 Å². The van der Waals surface area contributed by atoms with Crippen molar-refractivity contribution < 1.29 is 14.6 Å². The predicted octanol–water partition coefficient (Wildman–Crippen LogP) is 2.92. The summed E-state index contributed by atoms with van der Waals surface area (Å²) in [5, 5.41) is 9.86. The number of nitrogens with zero attached hydrogens (tertiary/aromatic N) is 1. The Morgan fingerprint density at radius 3 is 2.42 bits per heavy atom. The van der Waals surface area contributed by atoms with E-state index in [-0.39, 0.29) is 18.6 Å². The molecular formula is C20H23NO3. The minimum absolute atomic E-state index is 0.0653. The summed E-state index contributed by atoms with van der Waals surface area (Å²) in [5.41, 5.74) is 1.39. The van der Waals surface area contributed by atoms with Crippen molar-refractivity contribution in [3.05, 3.63) is 65.7 Å². The van der Waals surface area contributed by atoms with E-state index in [1.165, 1.54) is 0 Å². The molecule has 1 aliphatic rings. The topological polar surface area (TPSA) is 49.8 Å². The number of carbonyl (C=O) groups excluding carboxylic acids is 1. The van der Waals surface area contributed by atoms with Crippen molar-refractivity contribution in [2.75, 3.05) is 20.3 Å². The van der Waals surface area contributed by atoms with Gasteiger partial charge in [-0.1, -0.05) is 42.5 Å². The van der Waals surface area contributed by atoms with Crippen molar-refractivity contribution in [1.82, 2.24) is 4.90 Å². The summed E-state index contributed by atoms with van der Waals surface area (Å²) in [4.78, 5) is 14.9. The Morgan fingerprint density at radius 1 is 1.17 bits per heavy atom. The zero-order valence-electron chi connectivity index (χ0n) is 14.1. The molecule has 0 unspecified atom stereocenters. The van der Waals surface area contributed by atoms with E-state index in [9.17, 15) is 9.90 Å². The number of aliphatic hydroxyl groups is 1. The molecule has 0 aliphatic carbocycles. The van der Waals surface area contributed by atoms with E-state index in [2.05, 4.69) is 0 Å². The Bertz CT molecular complexity index is 699. The second-order valence-electron chi connectivity index (χ2n) is 6.42. The molecule has 1 aliphatic heterocycles. The van der Waals surface area contributed by atoms with Crippen molar-refractivity contribution >= 4 is 5.91 Å². The molecule has 126 valence electrons. The van der Waals surface area contributed by atoms with Crippen LogP contribution in [-0.4, -0.2) is 36.2 Å². The molecule has 0 aromatic heterocycles. The highest BCUT2D eigenvalue weighted by Crippen LogP contribution is 2.39. The van der Waals surface area contributed by atoms with E-state index in [1.54, 1.807) is 12.0 Å². The van der Waals surface area contributed by atoms with Crippen LogP contribution < -0.4 is 4.74 Å². The molecule has 0 bridgehead atoms. The van der Waals surface area contributed by atoms with Gasteiger partial charge in [-0.15, -0.1) is 0 Å². The lowest BCUT2D eigenvalue weighted by atomic mass is 9.81. The van der Waals surface area contributed by atoms with Crippen LogP contribution in [0.25, 0.3) is 0 Å². The molecule has 3 rings (SSSR count). The van der Waals surface area contributed by atoms with Crippen molar-refractivity contribution in [2.45, 2.75) is 24.8 Å². The summed E-state index contributed by atoms with van der Waals surface area (Å²) in [6, 6.07) is 17.1. The fourth-order valence-electron chi connectivity index (χ4n) is 3.45. The number of benzene rings is 2. The Hall–Kier alpha value is -2.33. The molecule has 0 radical (unpaired) electrons. The number of hydrogen-bond donors (Lipinski definition) is 1. The van der Waals surface area contributed by atoms with Crippen molar-refractivity contribution in [2.24, 2.45) is 0 Å². The van der Waals surface area contributed by atoms with Crippen LogP contribution in [0.4, 0.5) is 0 Å². The molecule has 1 N–H and O–H groups in total. The average molecular weight is 325 g/mol. The molecule has 2 aromatic rings. The Morgan fingerprint density at radius 2 is 1.83 bits per heavy atom. The van der Waals surface area contributed by atoms with E-state index in [0.717, 1.165) is 23.3 Å². The number of carbonyl (C=O) groups is 1. The van der Waals surface area contributed by atoms with Gasteiger partial charge in [0.25, 0.3) is 0 Å². The zero-order chi connectivity index (χ0) is 17.2. The smallest absolute Gasteiger partial charge is 0.233 e. The standard InChI is InChI=1S/C20H23NO3/c1-20(16-8-10-17(24-2)11-9-16)12-13-21(19(20)23)18(14-22)15-6-4-3-5-7-15/h3-11,18,22H,12-14H2,1-2H3/t18-,20+/m1/s1. The first-order valence-corrected chi connectivity index (χ1v) is 8.21. The molecular weight excluding hydrogens is 302 g/mol. The van der Waals surface area contributed by atoms with Gasteiger partial charge in [0.1, 0.15) is 5.75 Å². The second kappa shape index (κ2) is 6.65. The third-order valence-electron chi connectivity index (χ3n) is 5.05. The van der Waals surface area contributed by atoms with E-state index in [0.29, 0.717) is 6.54 Å². The molecule has 2 atom stereocenters. The van der Waals surface area contributed by atoms with E-state index in [1.807, 2.05) is 61.5 Å². The van der Waals surface area contributed by atoms with Crippen LogP contribution in [0.1, 0.15) is 30.5 Å². The van der Waals surface area contributed by atoms with Crippen LogP contribution in [-0.2, 0) is 10.2 Å². The zero-order valence-corrected chi connectivity index (χ0v) is 14.1. The number of rotatable bonds is 5. The summed E-state index contributed by atoms with van der Waals surface area (Å²) >= 11 is 0. The number of amides is 1. The maximum atomic E-state index is 13.1. The van der Waals surface area contributed by atoms with Crippen molar-refractivity contribution in [1.29, 1.82) is 0 Å².